The lowest BCUT2D eigenvalue weighted by atomic mass is 10.1. The van der Waals surface area contributed by atoms with Crippen LogP contribution in [0.1, 0.15) is 5.56 Å². The number of rotatable bonds is 5. The van der Waals surface area contributed by atoms with Gasteiger partial charge in [0.1, 0.15) is 0 Å². The van der Waals surface area contributed by atoms with Gasteiger partial charge in [-0.3, -0.25) is 9.59 Å². The summed E-state index contributed by atoms with van der Waals surface area (Å²) in [5, 5.41) is 5.99. The smallest absolute Gasteiger partial charge is 0.309 e. The molecule has 4 nitrogen and oxygen atoms in total. The highest BCUT2D eigenvalue weighted by Gasteiger charge is 2.11. The average molecular weight is 301 g/mol. The van der Waals surface area contributed by atoms with E-state index in [-0.39, 0.29) is 6.54 Å². The fourth-order valence-electron chi connectivity index (χ4n) is 1.36. The van der Waals surface area contributed by atoms with Crippen LogP contribution in [0.3, 0.4) is 0 Å². The molecule has 0 aromatic heterocycles. The lowest BCUT2D eigenvalue weighted by molar-refractivity contribution is -0.139. The number of amides is 2. The molecule has 19 heavy (non-hydrogen) atoms. The molecule has 0 fully saturated rings. The van der Waals surface area contributed by atoms with Crippen LogP contribution in [0.4, 0.5) is 0 Å². The Balaban J connectivity index is 2.39. The molecule has 0 unspecified atom stereocenters. The van der Waals surface area contributed by atoms with Gasteiger partial charge in [0.2, 0.25) is 0 Å². The van der Waals surface area contributed by atoms with Crippen LogP contribution in [0.2, 0.25) is 10.0 Å². The maximum atomic E-state index is 11.4. The normalized spacial score (nSPS) is 9.79. The molecule has 0 radical (unpaired) electrons. The second-order valence-electron chi connectivity index (χ2n) is 3.74. The molecule has 6 heteroatoms. The molecule has 0 saturated heterocycles. The van der Waals surface area contributed by atoms with Crippen molar-refractivity contribution < 1.29 is 9.59 Å². The van der Waals surface area contributed by atoms with Crippen LogP contribution in [-0.4, -0.2) is 24.9 Å². The highest BCUT2D eigenvalue weighted by molar-refractivity contribution is 6.35. The van der Waals surface area contributed by atoms with Crippen LogP contribution in [0, 0.1) is 0 Å². The largest absolute Gasteiger partial charge is 0.348 e. The minimum absolute atomic E-state index is 0.259. The van der Waals surface area contributed by atoms with Gasteiger partial charge in [-0.25, -0.2) is 0 Å². The van der Waals surface area contributed by atoms with Gasteiger partial charge >= 0.3 is 11.8 Å². The Kier molecular flexibility index (Phi) is 6.39. The number of hydrogen-bond acceptors (Lipinski definition) is 2. The van der Waals surface area contributed by atoms with Crippen LogP contribution in [-0.2, 0) is 16.0 Å². The van der Waals surface area contributed by atoms with E-state index in [4.69, 9.17) is 23.2 Å². The molecule has 0 spiro atoms. The summed E-state index contributed by atoms with van der Waals surface area (Å²) >= 11 is 11.8. The van der Waals surface area contributed by atoms with Crippen LogP contribution in [0.15, 0.2) is 30.9 Å². The van der Waals surface area contributed by atoms with Crippen molar-refractivity contribution in [2.45, 2.75) is 6.42 Å². The first-order valence-corrected chi connectivity index (χ1v) is 6.41. The summed E-state index contributed by atoms with van der Waals surface area (Å²) in [5.41, 5.74) is 0.859. The molecule has 1 aromatic carbocycles. The van der Waals surface area contributed by atoms with Crippen LogP contribution in [0.5, 0.6) is 0 Å². The van der Waals surface area contributed by atoms with E-state index >= 15 is 0 Å². The number of nitrogens with one attached hydrogen (secondary N) is 2. The Morgan fingerprint density at radius 1 is 1.21 bits per heavy atom. The van der Waals surface area contributed by atoms with E-state index in [9.17, 15) is 9.59 Å². The molecule has 0 aliphatic rings. The SMILES string of the molecule is C=CCNC(=O)C(=O)NCCc1ccc(Cl)cc1Cl. The summed E-state index contributed by atoms with van der Waals surface area (Å²) in [6, 6.07) is 5.15. The van der Waals surface area contributed by atoms with Crippen molar-refractivity contribution in [3.8, 4) is 0 Å². The van der Waals surface area contributed by atoms with Crippen molar-refractivity contribution in [1.82, 2.24) is 10.6 Å². The van der Waals surface area contributed by atoms with Crippen LogP contribution < -0.4 is 10.6 Å². The molecule has 0 saturated carbocycles. The molecule has 0 atom stereocenters. The minimum atomic E-state index is -0.679. The van der Waals surface area contributed by atoms with Gasteiger partial charge in [0.05, 0.1) is 0 Å². The number of halogens is 2. The Morgan fingerprint density at radius 2 is 1.89 bits per heavy atom. The van der Waals surface area contributed by atoms with Gasteiger partial charge in [-0.05, 0) is 24.1 Å². The van der Waals surface area contributed by atoms with Gasteiger partial charge in [0, 0.05) is 23.1 Å². The first-order valence-electron chi connectivity index (χ1n) is 5.65. The van der Waals surface area contributed by atoms with Gasteiger partial charge in [0.25, 0.3) is 0 Å². The summed E-state index contributed by atoms with van der Waals surface area (Å²) < 4.78 is 0. The predicted octanol–water partition coefficient (Wildman–Crippen LogP) is 1.95. The lowest BCUT2D eigenvalue weighted by Gasteiger charge is -2.07. The highest BCUT2D eigenvalue weighted by Crippen LogP contribution is 2.20. The zero-order valence-electron chi connectivity index (χ0n) is 10.2. The van der Waals surface area contributed by atoms with Crippen molar-refractivity contribution in [1.29, 1.82) is 0 Å². The van der Waals surface area contributed by atoms with Gasteiger partial charge < -0.3 is 10.6 Å². The maximum absolute atomic E-state index is 11.4. The Morgan fingerprint density at radius 3 is 2.53 bits per heavy atom. The summed E-state index contributed by atoms with van der Waals surface area (Å²) in [7, 11) is 0. The minimum Gasteiger partial charge on any atom is -0.348 e. The van der Waals surface area contributed by atoms with E-state index in [0.717, 1.165) is 5.56 Å². The highest BCUT2D eigenvalue weighted by atomic mass is 35.5. The Hall–Kier alpha value is -1.52. The summed E-state index contributed by atoms with van der Waals surface area (Å²) in [6.45, 7) is 4.02. The molecular formula is C13H14Cl2N2O2. The third kappa shape index (κ3) is 5.32. The van der Waals surface area contributed by atoms with E-state index in [1.165, 1.54) is 6.08 Å². The van der Waals surface area contributed by atoms with Crippen LogP contribution in [0.25, 0.3) is 0 Å². The molecular weight excluding hydrogens is 287 g/mol. The van der Waals surface area contributed by atoms with E-state index < -0.39 is 11.8 Å². The first-order chi connectivity index (χ1) is 9.04. The van der Waals surface area contributed by atoms with E-state index in [2.05, 4.69) is 17.2 Å². The molecule has 1 rings (SSSR count). The quantitative estimate of drug-likeness (QED) is 0.645. The average Bonchev–Trinajstić information content (AvgIpc) is 2.38. The van der Waals surface area contributed by atoms with Crippen molar-refractivity contribution in [3.05, 3.63) is 46.5 Å². The first kappa shape index (κ1) is 15.5. The molecule has 0 bridgehead atoms. The number of benzene rings is 1. The molecule has 1 aromatic rings. The summed E-state index contributed by atoms with van der Waals surface area (Å²) in [5.74, 6) is -1.35. The second kappa shape index (κ2) is 7.81. The summed E-state index contributed by atoms with van der Waals surface area (Å²) in [4.78, 5) is 22.6. The van der Waals surface area contributed by atoms with Crippen molar-refractivity contribution >= 4 is 35.0 Å². The zero-order valence-corrected chi connectivity index (χ0v) is 11.7. The molecule has 2 amide bonds. The monoisotopic (exact) mass is 300 g/mol. The molecule has 102 valence electrons. The third-order valence-corrected chi connectivity index (χ3v) is 2.90. The predicted molar refractivity (Wildman–Crippen MR) is 76.4 cm³/mol. The molecule has 0 aliphatic carbocycles. The van der Waals surface area contributed by atoms with E-state index in [0.29, 0.717) is 23.0 Å². The van der Waals surface area contributed by atoms with Gasteiger partial charge in [0.15, 0.2) is 0 Å². The van der Waals surface area contributed by atoms with Crippen molar-refractivity contribution in [2.24, 2.45) is 0 Å². The number of hydrogen-bond donors (Lipinski definition) is 2. The standard InChI is InChI=1S/C13H14Cl2N2O2/c1-2-6-16-12(18)13(19)17-7-5-9-3-4-10(14)8-11(9)15/h2-4,8H,1,5-7H2,(H,16,18)(H,17,19). The second-order valence-corrected chi connectivity index (χ2v) is 4.58. The van der Waals surface area contributed by atoms with E-state index in [1.54, 1.807) is 18.2 Å². The Labute approximate surface area is 121 Å². The van der Waals surface area contributed by atoms with Crippen molar-refractivity contribution in [3.63, 3.8) is 0 Å². The third-order valence-electron chi connectivity index (χ3n) is 2.31. The van der Waals surface area contributed by atoms with Gasteiger partial charge in [-0.1, -0.05) is 35.3 Å². The topological polar surface area (TPSA) is 58.2 Å². The maximum Gasteiger partial charge on any atom is 0.309 e. The fraction of sp³-hybridized carbons (Fsp3) is 0.231. The van der Waals surface area contributed by atoms with Gasteiger partial charge in [-0.15, -0.1) is 6.58 Å². The molecule has 0 aliphatic heterocycles. The molecule has 0 heterocycles. The lowest BCUT2D eigenvalue weighted by Crippen LogP contribution is -2.40. The van der Waals surface area contributed by atoms with Crippen molar-refractivity contribution in [2.75, 3.05) is 13.1 Å². The number of carbonyl (C=O) groups is 2. The summed E-state index contributed by atoms with van der Waals surface area (Å²) in [6.07, 6.45) is 2.02. The Bertz CT molecular complexity index is 490. The van der Waals surface area contributed by atoms with E-state index in [1.807, 2.05) is 0 Å². The fourth-order valence-corrected chi connectivity index (χ4v) is 1.86. The zero-order chi connectivity index (χ0) is 14.3. The molecule has 2 N–H and O–H groups in total. The van der Waals surface area contributed by atoms with Gasteiger partial charge in [-0.2, -0.15) is 0 Å². The van der Waals surface area contributed by atoms with Crippen LogP contribution >= 0.6 is 23.2 Å². The number of carbonyl (C=O) groups excluding carboxylic acids is 2.